The van der Waals surface area contributed by atoms with E-state index in [1.807, 2.05) is 13.8 Å². The van der Waals surface area contributed by atoms with Crippen molar-refractivity contribution in [2.75, 3.05) is 13.1 Å². The van der Waals surface area contributed by atoms with Crippen LogP contribution in [-0.4, -0.2) is 25.5 Å². The molecule has 11 heavy (non-hydrogen) atoms. The molecule has 0 aromatic rings. The molecule has 1 aliphatic rings. The molecule has 1 rings (SSSR count). The zero-order valence-electron chi connectivity index (χ0n) is 7.39. The quantitative estimate of drug-likeness (QED) is 0.575. The van der Waals surface area contributed by atoms with Gasteiger partial charge < -0.3 is 10.6 Å². The SMILES string of the molecule is CC.O=CNC1CCCNC1. The smallest absolute Gasteiger partial charge is 0.207 e. The molecule has 0 aromatic heterocycles. The Balaban J connectivity index is 0.000000461. The van der Waals surface area contributed by atoms with E-state index in [0.717, 1.165) is 25.9 Å². The van der Waals surface area contributed by atoms with Gasteiger partial charge in [0.2, 0.25) is 6.41 Å². The number of amides is 1. The van der Waals surface area contributed by atoms with Crippen molar-refractivity contribution in [2.24, 2.45) is 0 Å². The third kappa shape index (κ3) is 4.79. The molecular weight excluding hydrogens is 140 g/mol. The lowest BCUT2D eigenvalue weighted by molar-refractivity contribution is -0.110. The first-order valence-corrected chi connectivity index (χ1v) is 4.34. The molecule has 3 heteroatoms. The van der Waals surface area contributed by atoms with Gasteiger partial charge in [-0.2, -0.15) is 0 Å². The number of hydrogen-bond acceptors (Lipinski definition) is 2. The zero-order valence-corrected chi connectivity index (χ0v) is 7.39. The molecule has 1 fully saturated rings. The van der Waals surface area contributed by atoms with Gasteiger partial charge in [0.1, 0.15) is 0 Å². The highest BCUT2D eigenvalue weighted by atomic mass is 16.1. The predicted molar refractivity (Wildman–Crippen MR) is 46.4 cm³/mol. The topological polar surface area (TPSA) is 41.1 Å². The Bertz CT molecular complexity index is 90.1. The van der Waals surface area contributed by atoms with E-state index in [-0.39, 0.29) is 0 Å². The van der Waals surface area contributed by atoms with Crippen molar-refractivity contribution in [1.82, 2.24) is 10.6 Å². The standard InChI is InChI=1S/C6H12N2O.C2H6/c9-5-8-6-2-1-3-7-4-6;1-2/h5-7H,1-4H2,(H,8,9);1-2H3. The van der Waals surface area contributed by atoms with Gasteiger partial charge in [0, 0.05) is 12.6 Å². The minimum absolute atomic E-state index is 0.372. The molecule has 0 aromatic carbocycles. The Hall–Kier alpha value is -0.570. The molecule has 1 aliphatic heterocycles. The maximum Gasteiger partial charge on any atom is 0.207 e. The van der Waals surface area contributed by atoms with Crippen molar-refractivity contribution < 1.29 is 4.79 Å². The van der Waals surface area contributed by atoms with Gasteiger partial charge in [0.25, 0.3) is 0 Å². The number of nitrogens with one attached hydrogen (secondary N) is 2. The summed E-state index contributed by atoms with van der Waals surface area (Å²) in [7, 11) is 0. The van der Waals surface area contributed by atoms with E-state index in [4.69, 9.17) is 0 Å². The second-order valence-electron chi connectivity index (χ2n) is 2.33. The molecule has 0 aliphatic carbocycles. The van der Waals surface area contributed by atoms with Gasteiger partial charge in [-0.15, -0.1) is 0 Å². The lowest BCUT2D eigenvalue weighted by atomic mass is 10.1. The van der Waals surface area contributed by atoms with E-state index in [1.54, 1.807) is 0 Å². The first-order valence-electron chi connectivity index (χ1n) is 4.34. The average molecular weight is 158 g/mol. The van der Waals surface area contributed by atoms with E-state index in [2.05, 4.69) is 10.6 Å². The lowest BCUT2D eigenvalue weighted by Gasteiger charge is -2.21. The summed E-state index contributed by atoms with van der Waals surface area (Å²) in [6.45, 7) is 6.02. The fourth-order valence-corrected chi connectivity index (χ4v) is 1.09. The molecule has 1 atom stereocenters. The van der Waals surface area contributed by atoms with Crippen LogP contribution in [0.2, 0.25) is 0 Å². The fraction of sp³-hybridized carbons (Fsp3) is 0.875. The van der Waals surface area contributed by atoms with Gasteiger partial charge in [-0.1, -0.05) is 13.8 Å². The van der Waals surface area contributed by atoms with Crippen LogP contribution >= 0.6 is 0 Å². The number of carbonyl (C=O) groups excluding carboxylic acids is 1. The van der Waals surface area contributed by atoms with E-state index in [0.29, 0.717) is 6.04 Å². The number of hydrogen-bond donors (Lipinski definition) is 2. The maximum atomic E-state index is 9.93. The van der Waals surface area contributed by atoms with Crippen LogP contribution in [0.25, 0.3) is 0 Å². The molecule has 1 unspecified atom stereocenters. The van der Waals surface area contributed by atoms with Crippen LogP contribution in [0, 0.1) is 0 Å². The summed E-state index contributed by atoms with van der Waals surface area (Å²) in [4.78, 5) is 9.93. The Kier molecular flexibility index (Phi) is 7.15. The Morgan fingerprint density at radius 1 is 1.55 bits per heavy atom. The van der Waals surface area contributed by atoms with Crippen molar-refractivity contribution >= 4 is 6.41 Å². The molecule has 1 heterocycles. The van der Waals surface area contributed by atoms with Crippen LogP contribution in [0.5, 0.6) is 0 Å². The maximum absolute atomic E-state index is 9.93. The van der Waals surface area contributed by atoms with Crippen LogP contribution in [0.4, 0.5) is 0 Å². The first-order chi connectivity index (χ1) is 5.43. The van der Waals surface area contributed by atoms with Gasteiger partial charge in [0.05, 0.1) is 0 Å². The highest BCUT2D eigenvalue weighted by molar-refractivity contribution is 5.46. The van der Waals surface area contributed by atoms with Crippen molar-refractivity contribution in [2.45, 2.75) is 32.7 Å². The highest BCUT2D eigenvalue weighted by Gasteiger charge is 2.09. The van der Waals surface area contributed by atoms with E-state index < -0.39 is 0 Å². The number of rotatable bonds is 2. The molecule has 1 saturated heterocycles. The molecule has 0 radical (unpaired) electrons. The minimum atomic E-state index is 0.372. The summed E-state index contributed by atoms with van der Waals surface area (Å²) in [6, 6.07) is 0.372. The molecule has 0 saturated carbocycles. The van der Waals surface area contributed by atoms with Crippen molar-refractivity contribution in [3.05, 3.63) is 0 Å². The molecule has 66 valence electrons. The monoisotopic (exact) mass is 158 g/mol. The molecule has 1 amide bonds. The van der Waals surface area contributed by atoms with Crippen LogP contribution in [-0.2, 0) is 4.79 Å². The largest absolute Gasteiger partial charge is 0.355 e. The highest BCUT2D eigenvalue weighted by Crippen LogP contribution is 1.99. The van der Waals surface area contributed by atoms with Gasteiger partial charge in [-0.25, -0.2) is 0 Å². The summed E-state index contributed by atoms with van der Waals surface area (Å²) in [6.07, 6.45) is 3.06. The molecule has 0 spiro atoms. The summed E-state index contributed by atoms with van der Waals surface area (Å²) >= 11 is 0. The Morgan fingerprint density at radius 2 is 2.27 bits per heavy atom. The number of carbonyl (C=O) groups is 1. The summed E-state index contributed by atoms with van der Waals surface area (Å²) in [5.74, 6) is 0. The molecule has 2 N–H and O–H groups in total. The number of piperidine rings is 1. The van der Waals surface area contributed by atoms with E-state index in [9.17, 15) is 4.79 Å². The normalized spacial score (nSPS) is 22.9. The van der Waals surface area contributed by atoms with Crippen molar-refractivity contribution in [3.63, 3.8) is 0 Å². The minimum Gasteiger partial charge on any atom is -0.355 e. The summed E-state index contributed by atoms with van der Waals surface area (Å²) < 4.78 is 0. The summed E-state index contributed by atoms with van der Waals surface area (Å²) in [5.41, 5.74) is 0. The van der Waals surface area contributed by atoms with Gasteiger partial charge in [-0.05, 0) is 19.4 Å². The fourth-order valence-electron chi connectivity index (χ4n) is 1.09. The van der Waals surface area contributed by atoms with E-state index in [1.165, 1.54) is 6.42 Å². The molecule has 3 nitrogen and oxygen atoms in total. The molecule has 0 bridgehead atoms. The third-order valence-electron chi connectivity index (χ3n) is 1.60. The van der Waals surface area contributed by atoms with Gasteiger partial charge in [0.15, 0.2) is 0 Å². The third-order valence-corrected chi connectivity index (χ3v) is 1.60. The average Bonchev–Trinajstić information content (AvgIpc) is 2.11. The Labute approximate surface area is 68.6 Å². The van der Waals surface area contributed by atoms with Crippen molar-refractivity contribution in [1.29, 1.82) is 0 Å². The zero-order chi connectivity index (χ0) is 8.53. The summed E-state index contributed by atoms with van der Waals surface area (Å²) in [5, 5.41) is 5.94. The van der Waals surface area contributed by atoms with Crippen LogP contribution in [0.3, 0.4) is 0 Å². The van der Waals surface area contributed by atoms with Crippen LogP contribution < -0.4 is 10.6 Å². The van der Waals surface area contributed by atoms with Crippen molar-refractivity contribution in [3.8, 4) is 0 Å². The second kappa shape index (κ2) is 7.54. The van der Waals surface area contributed by atoms with Crippen LogP contribution in [0.15, 0.2) is 0 Å². The van der Waals surface area contributed by atoms with Crippen LogP contribution in [0.1, 0.15) is 26.7 Å². The van der Waals surface area contributed by atoms with Gasteiger partial charge in [-0.3, -0.25) is 4.79 Å². The Morgan fingerprint density at radius 3 is 2.73 bits per heavy atom. The predicted octanol–water partition coefficient (Wildman–Crippen LogP) is 0.511. The van der Waals surface area contributed by atoms with Gasteiger partial charge >= 0.3 is 0 Å². The first kappa shape index (κ1) is 10.4. The molecular formula is C8H18N2O. The van der Waals surface area contributed by atoms with E-state index >= 15 is 0 Å². The second-order valence-corrected chi connectivity index (χ2v) is 2.33. The lowest BCUT2D eigenvalue weighted by Crippen LogP contribution is -2.42.